The summed E-state index contributed by atoms with van der Waals surface area (Å²) in [7, 11) is 0. The molecule has 1 unspecified atom stereocenters. The normalized spacial score (nSPS) is 12.2. The molecule has 0 aromatic heterocycles. The smallest absolute Gasteiger partial charge is 0.379 e. The number of carbonyl (C=O) groups excluding carboxylic acids is 1. The van der Waals surface area contributed by atoms with E-state index < -0.39 is 11.8 Å². The second-order valence-corrected chi connectivity index (χ2v) is 19.5. The Morgan fingerprint density at radius 2 is 0.747 bits per heavy atom. The summed E-state index contributed by atoms with van der Waals surface area (Å²) in [5, 5.41) is 0. The minimum Gasteiger partial charge on any atom is -0.489 e. The molecule has 10 aromatic carbocycles. The maximum atomic E-state index is 14.5. The summed E-state index contributed by atoms with van der Waals surface area (Å²) in [5.41, 5.74) is 8.61. The van der Waals surface area contributed by atoms with Crippen molar-refractivity contribution in [2.75, 3.05) is 0 Å². The molecule has 1 aliphatic heterocycles. The van der Waals surface area contributed by atoms with Gasteiger partial charge in [0.25, 0.3) is 0 Å². The van der Waals surface area contributed by atoms with Crippen LogP contribution in [0.5, 0.6) is 46.0 Å². The molecule has 1 atom stereocenters. The molecule has 10 aromatic rings. The van der Waals surface area contributed by atoms with Crippen LogP contribution < -0.4 is 37.9 Å². The summed E-state index contributed by atoms with van der Waals surface area (Å²) < 4.78 is 77.4. The van der Waals surface area contributed by atoms with Crippen LogP contribution in [0.15, 0.2) is 249 Å². The molecule has 0 radical (unpaired) electrons. The standard InChI is InChI=1S/C50H44O6.C21H16F2O4/c1-6-16-37(17-7-1)32-51-43-30-46(52-33-38-18-8-2-9-19-38)44-26-27-45(56-47(44)31-43)42-28-48(53-34-39-20-10-3-11-21-39)50(55-36-41-24-14-5-15-25-41)49(29-42)54-35-40-22-12-4-13-23-40;22-18-11-17(21(24)27-23)12-19(25-13-15-7-3-1-4-8-15)20(18)26-14-16-9-5-2-6-10-16/h1-25,28-31,45H,26-27,32-36H2;1-12H,13-14H2. The Morgan fingerprint density at radius 1 is 0.398 bits per heavy atom. The van der Waals surface area contributed by atoms with E-state index in [0.29, 0.717) is 56.0 Å². The maximum Gasteiger partial charge on any atom is 0.379 e. The van der Waals surface area contributed by atoms with Crippen molar-refractivity contribution >= 4 is 5.97 Å². The second-order valence-electron chi connectivity index (χ2n) is 19.5. The fourth-order valence-corrected chi connectivity index (χ4v) is 9.14. The first-order valence-corrected chi connectivity index (χ1v) is 27.3. The Balaban J connectivity index is 0.000000238. The predicted molar refractivity (Wildman–Crippen MR) is 313 cm³/mol. The third-order valence-electron chi connectivity index (χ3n) is 13.4. The Labute approximate surface area is 481 Å². The van der Waals surface area contributed by atoms with Gasteiger partial charge in [-0.3, -0.25) is 0 Å². The van der Waals surface area contributed by atoms with E-state index in [1.54, 1.807) is 0 Å². The molecule has 11 rings (SSSR count). The molecule has 0 fully saturated rings. The second kappa shape index (κ2) is 28.9. The summed E-state index contributed by atoms with van der Waals surface area (Å²) in [6, 6.07) is 79.2. The summed E-state index contributed by atoms with van der Waals surface area (Å²) in [6.07, 6.45) is 1.17. The summed E-state index contributed by atoms with van der Waals surface area (Å²) >= 11 is 0. The van der Waals surface area contributed by atoms with Gasteiger partial charge in [-0.2, -0.15) is 0 Å². The molecule has 0 spiro atoms. The summed E-state index contributed by atoms with van der Waals surface area (Å²) in [6.45, 7) is 2.17. The van der Waals surface area contributed by atoms with E-state index in [4.69, 9.17) is 37.9 Å². The lowest BCUT2D eigenvalue weighted by Crippen LogP contribution is -2.17. The molecule has 12 heteroatoms. The minimum atomic E-state index is -1.31. The van der Waals surface area contributed by atoms with E-state index in [0.717, 1.165) is 80.5 Å². The van der Waals surface area contributed by atoms with Gasteiger partial charge >= 0.3 is 5.97 Å². The van der Waals surface area contributed by atoms with Crippen molar-refractivity contribution in [1.29, 1.82) is 0 Å². The van der Waals surface area contributed by atoms with Crippen molar-refractivity contribution in [3.63, 3.8) is 0 Å². The van der Waals surface area contributed by atoms with E-state index in [1.165, 1.54) is 6.07 Å². The van der Waals surface area contributed by atoms with Crippen LogP contribution in [0.1, 0.15) is 73.0 Å². The fourth-order valence-electron chi connectivity index (χ4n) is 9.14. The Kier molecular flexibility index (Phi) is 19.6. The van der Waals surface area contributed by atoms with Crippen LogP contribution in [0.2, 0.25) is 0 Å². The molecule has 0 saturated carbocycles. The van der Waals surface area contributed by atoms with Crippen LogP contribution in [-0.2, 0) is 57.6 Å². The first-order valence-electron chi connectivity index (χ1n) is 27.3. The summed E-state index contributed by atoms with van der Waals surface area (Å²) in [4.78, 5) is 14.6. The highest BCUT2D eigenvalue weighted by molar-refractivity contribution is 5.90. The lowest BCUT2D eigenvalue weighted by molar-refractivity contribution is -0.0788. The molecule has 1 heterocycles. The lowest BCUT2D eigenvalue weighted by atomic mass is 9.96. The third kappa shape index (κ3) is 16.1. The molecule has 83 heavy (non-hydrogen) atoms. The highest BCUT2D eigenvalue weighted by Gasteiger charge is 2.29. The van der Waals surface area contributed by atoms with Gasteiger partial charge in [-0.05, 0) is 81.6 Å². The number of fused-ring (bicyclic) bond motifs is 1. The fraction of sp³-hybridized carbons (Fsp3) is 0.141. The minimum absolute atomic E-state index is 0.0183. The zero-order chi connectivity index (χ0) is 56.8. The van der Waals surface area contributed by atoms with Gasteiger partial charge in [0.15, 0.2) is 28.8 Å². The SMILES string of the molecule is O=C(OF)c1cc(F)c(OCc2ccccc2)c(OCc2ccccc2)c1.c1ccc(COc2cc(OCc3ccccc3)c3c(c2)OC(c2cc(OCc4ccccc4)c(OCc4ccccc4)c(OCc4ccccc4)c2)CC3)cc1. The van der Waals surface area contributed by atoms with Crippen molar-refractivity contribution in [2.45, 2.75) is 65.2 Å². The van der Waals surface area contributed by atoms with Gasteiger partial charge in [-0.25, -0.2) is 14.1 Å². The molecular formula is C71H60F2O10. The quantitative estimate of drug-likeness (QED) is 0.0616. The largest absolute Gasteiger partial charge is 0.489 e. The van der Waals surface area contributed by atoms with Gasteiger partial charge in [0.2, 0.25) is 5.75 Å². The molecule has 0 N–H and O–H groups in total. The van der Waals surface area contributed by atoms with Crippen LogP contribution >= 0.6 is 0 Å². The maximum absolute atomic E-state index is 14.5. The van der Waals surface area contributed by atoms with E-state index >= 15 is 0 Å². The van der Waals surface area contributed by atoms with Crippen molar-refractivity contribution in [2.24, 2.45) is 0 Å². The molecule has 0 aliphatic carbocycles. The van der Waals surface area contributed by atoms with Crippen molar-refractivity contribution in [1.82, 2.24) is 0 Å². The number of carbonyl (C=O) groups is 1. The first kappa shape index (κ1) is 56.2. The monoisotopic (exact) mass is 1110 g/mol. The zero-order valence-electron chi connectivity index (χ0n) is 45.5. The van der Waals surface area contributed by atoms with Crippen LogP contribution in [0.25, 0.3) is 0 Å². The predicted octanol–water partition coefficient (Wildman–Crippen LogP) is 16.7. The number of ether oxygens (including phenoxy) is 8. The van der Waals surface area contributed by atoms with Gasteiger partial charge in [0.1, 0.15) is 69.6 Å². The number of hydrogen-bond donors (Lipinski definition) is 0. The molecule has 0 saturated heterocycles. The van der Waals surface area contributed by atoms with Crippen molar-refractivity contribution < 1.29 is 56.5 Å². The number of rotatable bonds is 23. The number of halogens is 2. The highest BCUT2D eigenvalue weighted by atomic mass is 19.3. The summed E-state index contributed by atoms with van der Waals surface area (Å²) in [5.74, 6) is 1.56. The molecule has 0 amide bonds. The molecule has 418 valence electrons. The average molecular weight is 1110 g/mol. The first-order chi connectivity index (χ1) is 40.9. The van der Waals surface area contributed by atoms with Crippen LogP contribution in [0.4, 0.5) is 8.92 Å². The van der Waals surface area contributed by atoms with E-state index in [2.05, 4.69) is 53.5 Å². The Bertz CT molecular complexity index is 3550. The number of benzene rings is 10. The molecule has 0 bridgehead atoms. The third-order valence-corrected chi connectivity index (χ3v) is 13.4. The Hall–Kier alpha value is -10.1. The van der Waals surface area contributed by atoms with Gasteiger partial charge in [-0.1, -0.05) is 212 Å². The molecule has 10 nitrogen and oxygen atoms in total. The van der Waals surface area contributed by atoms with Gasteiger partial charge < -0.3 is 37.9 Å². The van der Waals surface area contributed by atoms with Crippen LogP contribution in [0, 0.1) is 5.82 Å². The van der Waals surface area contributed by atoms with Gasteiger partial charge in [0, 0.05) is 22.2 Å². The van der Waals surface area contributed by atoms with Crippen LogP contribution in [-0.4, -0.2) is 5.97 Å². The van der Waals surface area contributed by atoms with Gasteiger partial charge in [-0.15, -0.1) is 0 Å². The Morgan fingerprint density at radius 3 is 1.14 bits per heavy atom. The van der Waals surface area contributed by atoms with Gasteiger partial charge in [0.05, 0.1) is 5.56 Å². The average Bonchev–Trinajstić information content (AvgIpc) is 3.62. The van der Waals surface area contributed by atoms with E-state index in [-0.39, 0.29) is 36.4 Å². The van der Waals surface area contributed by atoms with Crippen LogP contribution in [0.3, 0.4) is 0 Å². The topological polar surface area (TPSA) is 100 Å². The van der Waals surface area contributed by atoms with E-state index in [1.807, 2.05) is 188 Å². The highest BCUT2D eigenvalue weighted by Crippen LogP contribution is 2.47. The van der Waals surface area contributed by atoms with Crippen molar-refractivity contribution in [3.8, 4) is 46.0 Å². The lowest BCUT2D eigenvalue weighted by Gasteiger charge is -2.29. The zero-order valence-corrected chi connectivity index (χ0v) is 45.5. The van der Waals surface area contributed by atoms with E-state index in [9.17, 15) is 13.7 Å². The molecular weight excluding hydrogens is 1050 g/mol. The van der Waals surface area contributed by atoms with Crippen molar-refractivity contribution in [3.05, 3.63) is 310 Å². The number of hydrogen-bond acceptors (Lipinski definition) is 10. The molecule has 1 aliphatic rings.